The van der Waals surface area contributed by atoms with E-state index in [2.05, 4.69) is 15.5 Å². The zero-order valence-corrected chi connectivity index (χ0v) is 6.68. The first-order valence-corrected chi connectivity index (χ1v) is 3.22. The summed E-state index contributed by atoms with van der Waals surface area (Å²) >= 11 is 0. The van der Waals surface area contributed by atoms with E-state index >= 15 is 0 Å². The lowest BCUT2D eigenvalue weighted by Crippen LogP contribution is -2.27. The second-order valence-electron chi connectivity index (χ2n) is 1.92. The van der Waals surface area contributed by atoms with Gasteiger partial charge in [0.15, 0.2) is 0 Å². The zero-order valence-electron chi connectivity index (χ0n) is 6.68. The van der Waals surface area contributed by atoms with Crippen molar-refractivity contribution in [2.24, 2.45) is 15.8 Å². The van der Waals surface area contributed by atoms with Crippen molar-refractivity contribution in [1.29, 1.82) is 0 Å². The highest BCUT2D eigenvalue weighted by Gasteiger charge is 1.85. The number of guanidine groups is 1. The van der Waals surface area contributed by atoms with E-state index in [9.17, 15) is 0 Å². The highest BCUT2D eigenvalue weighted by molar-refractivity contribution is 5.84. The van der Waals surface area contributed by atoms with Gasteiger partial charge in [-0.25, -0.2) is 5.43 Å². The maximum absolute atomic E-state index is 5.31. The lowest BCUT2D eigenvalue weighted by atomic mass is 10.3. The van der Waals surface area contributed by atoms with Gasteiger partial charge in [0.2, 0.25) is 5.96 Å². The lowest BCUT2D eigenvalue weighted by Gasteiger charge is -1.97. The Morgan fingerprint density at radius 2 is 2.20 bits per heavy atom. The topological polar surface area (TPSA) is 62.8 Å². The molecule has 0 aliphatic rings. The van der Waals surface area contributed by atoms with Gasteiger partial charge in [-0.2, -0.15) is 5.10 Å². The summed E-state index contributed by atoms with van der Waals surface area (Å²) in [4.78, 5) is 3.67. The predicted molar refractivity (Wildman–Crippen MR) is 44.1 cm³/mol. The van der Waals surface area contributed by atoms with Crippen LogP contribution < -0.4 is 11.2 Å². The summed E-state index contributed by atoms with van der Waals surface area (Å²) in [5.74, 6) is 0.341. The van der Waals surface area contributed by atoms with Gasteiger partial charge in [-0.15, -0.1) is 0 Å². The monoisotopic (exact) mass is 142 g/mol. The van der Waals surface area contributed by atoms with E-state index in [1.165, 1.54) is 0 Å². The minimum Gasteiger partial charge on any atom is -0.369 e. The minimum absolute atomic E-state index is 0.341. The molecule has 0 aromatic heterocycles. The Bertz CT molecular complexity index is 148. The second-order valence-corrected chi connectivity index (χ2v) is 1.92. The Labute approximate surface area is 61.2 Å². The van der Waals surface area contributed by atoms with Crippen molar-refractivity contribution in [2.75, 3.05) is 7.05 Å². The summed E-state index contributed by atoms with van der Waals surface area (Å²) in [6.07, 6.45) is 0.921. The molecule has 0 atom stereocenters. The molecule has 0 aliphatic heterocycles. The van der Waals surface area contributed by atoms with Crippen molar-refractivity contribution in [2.45, 2.75) is 20.3 Å². The quantitative estimate of drug-likeness (QED) is 0.331. The number of hydrogen-bond acceptors (Lipinski definition) is 2. The summed E-state index contributed by atoms with van der Waals surface area (Å²) < 4.78 is 0. The van der Waals surface area contributed by atoms with Gasteiger partial charge >= 0.3 is 0 Å². The first-order chi connectivity index (χ1) is 4.70. The Hall–Kier alpha value is -1.06. The van der Waals surface area contributed by atoms with Crippen molar-refractivity contribution < 1.29 is 0 Å². The minimum atomic E-state index is 0.341. The van der Waals surface area contributed by atoms with Gasteiger partial charge in [0.25, 0.3) is 0 Å². The first-order valence-electron chi connectivity index (χ1n) is 3.22. The molecule has 0 aromatic rings. The molecular formula is C6H14N4. The molecule has 0 rings (SSSR count). The van der Waals surface area contributed by atoms with Crippen LogP contribution in [0.4, 0.5) is 0 Å². The van der Waals surface area contributed by atoms with E-state index in [1.54, 1.807) is 7.05 Å². The second kappa shape index (κ2) is 4.78. The molecule has 0 amide bonds. The van der Waals surface area contributed by atoms with Crippen LogP contribution in [0.15, 0.2) is 10.1 Å². The Morgan fingerprint density at radius 1 is 1.60 bits per heavy atom. The molecule has 0 radical (unpaired) electrons. The van der Waals surface area contributed by atoms with E-state index in [0.717, 1.165) is 12.1 Å². The number of nitrogens with two attached hydrogens (primary N) is 1. The molecule has 0 saturated heterocycles. The summed E-state index contributed by atoms with van der Waals surface area (Å²) in [6.45, 7) is 3.95. The molecule has 0 unspecified atom stereocenters. The number of hydrazone groups is 1. The first kappa shape index (κ1) is 8.94. The van der Waals surface area contributed by atoms with Crippen LogP contribution in [0.5, 0.6) is 0 Å². The van der Waals surface area contributed by atoms with E-state index in [1.807, 2.05) is 13.8 Å². The fourth-order valence-corrected chi connectivity index (χ4v) is 0.282. The molecule has 58 valence electrons. The average molecular weight is 142 g/mol. The third kappa shape index (κ3) is 3.88. The van der Waals surface area contributed by atoms with Gasteiger partial charge in [-0.3, -0.25) is 4.99 Å². The van der Waals surface area contributed by atoms with Gasteiger partial charge in [0.1, 0.15) is 0 Å². The van der Waals surface area contributed by atoms with Crippen molar-refractivity contribution >= 4 is 11.7 Å². The van der Waals surface area contributed by atoms with Crippen LogP contribution in [0.2, 0.25) is 0 Å². The molecule has 0 saturated carbocycles. The average Bonchev–Trinajstić information content (AvgIpc) is 1.99. The number of nitrogens with zero attached hydrogens (tertiary/aromatic N) is 2. The molecule has 4 nitrogen and oxygen atoms in total. The van der Waals surface area contributed by atoms with Crippen molar-refractivity contribution in [3.8, 4) is 0 Å². The van der Waals surface area contributed by atoms with Crippen LogP contribution in [0.25, 0.3) is 0 Å². The molecule has 3 N–H and O–H groups in total. The van der Waals surface area contributed by atoms with Crippen molar-refractivity contribution in [3.05, 3.63) is 0 Å². The third-order valence-corrected chi connectivity index (χ3v) is 1.11. The summed E-state index contributed by atoms with van der Waals surface area (Å²) in [5, 5.41) is 3.92. The van der Waals surface area contributed by atoms with Gasteiger partial charge in [-0.1, -0.05) is 6.92 Å². The Balaban J connectivity index is 3.72. The van der Waals surface area contributed by atoms with Crippen LogP contribution >= 0.6 is 0 Å². The maximum Gasteiger partial charge on any atom is 0.209 e. The van der Waals surface area contributed by atoms with Gasteiger partial charge in [0.05, 0.1) is 0 Å². The van der Waals surface area contributed by atoms with E-state index in [0.29, 0.717) is 5.96 Å². The van der Waals surface area contributed by atoms with Crippen molar-refractivity contribution in [1.82, 2.24) is 5.43 Å². The largest absolute Gasteiger partial charge is 0.369 e. The number of nitrogens with one attached hydrogen (secondary N) is 1. The molecule has 4 heteroatoms. The van der Waals surface area contributed by atoms with Crippen LogP contribution in [-0.4, -0.2) is 18.7 Å². The van der Waals surface area contributed by atoms with Crippen LogP contribution in [-0.2, 0) is 0 Å². The summed E-state index contributed by atoms with van der Waals surface area (Å²) in [6, 6.07) is 0. The highest BCUT2D eigenvalue weighted by Crippen LogP contribution is 1.79. The lowest BCUT2D eigenvalue weighted by molar-refractivity contribution is 0.982. The van der Waals surface area contributed by atoms with Crippen molar-refractivity contribution in [3.63, 3.8) is 0 Å². The highest BCUT2D eigenvalue weighted by atomic mass is 15.3. The molecule has 0 aliphatic carbocycles. The summed E-state index contributed by atoms with van der Waals surface area (Å²) in [5.41, 5.74) is 8.91. The fraction of sp³-hybridized carbons (Fsp3) is 0.667. The van der Waals surface area contributed by atoms with E-state index in [-0.39, 0.29) is 0 Å². The molecule has 0 aromatic carbocycles. The number of hydrogen-bond donors (Lipinski definition) is 2. The zero-order chi connectivity index (χ0) is 7.98. The maximum atomic E-state index is 5.31. The van der Waals surface area contributed by atoms with Gasteiger partial charge < -0.3 is 5.73 Å². The van der Waals surface area contributed by atoms with E-state index < -0.39 is 0 Å². The van der Waals surface area contributed by atoms with E-state index in [4.69, 9.17) is 5.73 Å². The normalized spacial score (nSPS) is 13.5. The van der Waals surface area contributed by atoms with Crippen LogP contribution in [0.1, 0.15) is 20.3 Å². The number of aliphatic imine (C=N–C) groups is 1. The molecule has 0 fully saturated rings. The molecule has 0 heterocycles. The van der Waals surface area contributed by atoms with Gasteiger partial charge in [-0.05, 0) is 13.3 Å². The SMILES string of the molecule is CC/C(C)=N\NC(N)=NC. The molecule has 0 bridgehead atoms. The Morgan fingerprint density at radius 3 is 2.60 bits per heavy atom. The third-order valence-electron chi connectivity index (χ3n) is 1.11. The summed E-state index contributed by atoms with van der Waals surface area (Å²) in [7, 11) is 1.61. The smallest absolute Gasteiger partial charge is 0.209 e. The molecule has 10 heavy (non-hydrogen) atoms. The fourth-order valence-electron chi connectivity index (χ4n) is 0.282. The van der Waals surface area contributed by atoms with Crippen LogP contribution in [0, 0.1) is 0 Å². The number of rotatable bonds is 2. The van der Waals surface area contributed by atoms with Gasteiger partial charge in [0, 0.05) is 12.8 Å². The standard InChI is InChI=1S/C6H14N4/c1-4-5(2)9-10-6(7)8-3/h4H2,1-3H3,(H3,7,8,10)/b9-5-. The Kier molecular flexibility index (Phi) is 4.28. The predicted octanol–water partition coefficient (Wildman–Crippen LogP) is 0.306. The molecular weight excluding hydrogens is 128 g/mol. The van der Waals surface area contributed by atoms with Crippen LogP contribution in [0.3, 0.4) is 0 Å². The molecule has 0 spiro atoms.